The van der Waals surface area contributed by atoms with Gasteiger partial charge in [-0.05, 0) is 25.0 Å². The molecule has 0 aliphatic rings. The minimum absolute atomic E-state index is 0.120. The summed E-state index contributed by atoms with van der Waals surface area (Å²) in [6.07, 6.45) is 2.82. The second kappa shape index (κ2) is 5.79. The standard InChI is InChI=1S/C13H15N3O2S/c1-3-13-15-8-11(19-13)7-14-12-5-4-10(16(17)18)6-9(12)2/h4-6,8,14H,3,7H2,1-2H3. The third-order valence-corrected chi connectivity index (χ3v) is 3.92. The van der Waals surface area contributed by atoms with Crippen molar-refractivity contribution >= 4 is 22.7 Å². The number of aryl methyl sites for hydroxylation is 2. The zero-order valence-corrected chi connectivity index (χ0v) is 11.7. The summed E-state index contributed by atoms with van der Waals surface area (Å²) in [4.78, 5) is 15.7. The Bertz CT molecular complexity index is 595. The highest BCUT2D eigenvalue weighted by molar-refractivity contribution is 7.11. The zero-order valence-electron chi connectivity index (χ0n) is 10.8. The Hall–Kier alpha value is -1.95. The lowest BCUT2D eigenvalue weighted by Gasteiger charge is -2.07. The van der Waals surface area contributed by atoms with Gasteiger partial charge in [-0.3, -0.25) is 10.1 Å². The number of nitrogens with one attached hydrogen (secondary N) is 1. The van der Waals surface area contributed by atoms with Crippen molar-refractivity contribution in [2.75, 3.05) is 5.32 Å². The number of non-ortho nitro benzene ring substituents is 1. The summed E-state index contributed by atoms with van der Waals surface area (Å²) < 4.78 is 0. The van der Waals surface area contributed by atoms with Gasteiger partial charge in [0.15, 0.2) is 0 Å². The Morgan fingerprint density at radius 3 is 2.84 bits per heavy atom. The number of hydrogen-bond donors (Lipinski definition) is 1. The van der Waals surface area contributed by atoms with Gasteiger partial charge in [-0.15, -0.1) is 11.3 Å². The van der Waals surface area contributed by atoms with Gasteiger partial charge >= 0.3 is 0 Å². The number of anilines is 1. The van der Waals surface area contributed by atoms with Crippen molar-refractivity contribution in [3.63, 3.8) is 0 Å². The van der Waals surface area contributed by atoms with Crippen LogP contribution in [0, 0.1) is 17.0 Å². The molecule has 1 heterocycles. The summed E-state index contributed by atoms with van der Waals surface area (Å²) in [5, 5.41) is 15.1. The van der Waals surface area contributed by atoms with Crippen LogP contribution in [-0.4, -0.2) is 9.91 Å². The Kier molecular flexibility index (Phi) is 4.11. The molecule has 0 spiro atoms. The molecule has 0 aliphatic heterocycles. The molecule has 0 saturated heterocycles. The normalized spacial score (nSPS) is 10.4. The molecule has 0 atom stereocenters. The summed E-state index contributed by atoms with van der Waals surface area (Å²) in [6.45, 7) is 4.63. The number of nitrogens with zero attached hydrogens (tertiary/aromatic N) is 2. The van der Waals surface area contributed by atoms with E-state index in [4.69, 9.17) is 0 Å². The highest BCUT2D eigenvalue weighted by atomic mass is 32.1. The largest absolute Gasteiger partial charge is 0.380 e. The van der Waals surface area contributed by atoms with E-state index in [1.165, 1.54) is 6.07 Å². The first-order valence-corrected chi connectivity index (χ1v) is 6.84. The van der Waals surface area contributed by atoms with Crippen molar-refractivity contribution in [1.82, 2.24) is 4.98 Å². The van der Waals surface area contributed by atoms with Crippen molar-refractivity contribution in [2.45, 2.75) is 26.8 Å². The number of rotatable bonds is 5. The summed E-state index contributed by atoms with van der Waals surface area (Å²) >= 11 is 1.68. The summed E-state index contributed by atoms with van der Waals surface area (Å²) in [6, 6.07) is 4.83. The van der Waals surface area contributed by atoms with Crippen molar-refractivity contribution < 1.29 is 4.92 Å². The molecule has 0 bridgehead atoms. The van der Waals surface area contributed by atoms with Crippen LogP contribution >= 0.6 is 11.3 Å². The average Bonchev–Trinajstić information content (AvgIpc) is 2.85. The molecule has 1 N–H and O–H groups in total. The van der Waals surface area contributed by atoms with Crippen LogP contribution in [0.5, 0.6) is 0 Å². The number of benzene rings is 1. The van der Waals surface area contributed by atoms with Crippen LogP contribution in [0.15, 0.2) is 24.4 Å². The van der Waals surface area contributed by atoms with Crippen LogP contribution in [0.3, 0.4) is 0 Å². The first-order chi connectivity index (χ1) is 9.10. The number of nitro benzene ring substituents is 1. The van der Waals surface area contributed by atoms with E-state index in [-0.39, 0.29) is 10.6 Å². The molecule has 19 heavy (non-hydrogen) atoms. The van der Waals surface area contributed by atoms with Gasteiger partial charge in [0.05, 0.1) is 16.5 Å². The van der Waals surface area contributed by atoms with Crippen LogP contribution in [0.4, 0.5) is 11.4 Å². The first kappa shape index (κ1) is 13.5. The predicted molar refractivity (Wildman–Crippen MR) is 76.7 cm³/mol. The maximum absolute atomic E-state index is 10.7. The number of thiazole rings is 1. The summed E-state index contributed by atoms with van der Waals surface area (Å²) in [7, 11) is 0. The minimum atomic E-state index is -0.381. The molecule has 1 aromatic carbocycles. The van der Waals surface area contributed by atoms with Crippen molar-refractivity contribution in [1.29, 1.82) is 0 Å². The number of nitro groups is 1. The second-order valence-electron chi connectivity index (χ2n) is 4.18. The molecular weight excluding hydrogens is 262 g/mol. The predicted octanol–water partition coefficient (Wildman–Crippen LogP) is 3.53. The number of aromatic nitrogens is 1. The van der Waals surface area contributed by atoms with E-state index in [0.717, 1.165) is 27.6 Å². The monoisotopic (exact) mass is 277 g/mol. The molecule has 1 aromatic heterocycles. The molecule has 100 valence electrons. The van der Waals surface area contributed by atoms with E-state index >= 15 is 0 Å². The molecule has 0 fully saturated rings. The highest BCUT2D eigenvalue weighted by Gasteiger charge is 2.08. The van der Waals surface area contributed by atoms with Crippen LogP contribution in [0.25, 0.3) is 0 Å². The van der Waals surface area contributed by atoms with Gasteiger partial charge in [-0.25, -0.2) is 4.98 Å². The van der Waals surface area contributed by atoms with E-state index in [1.54, 1.807) is 23.5 Å². The lowest BCUT2D eigenvalue weighted by Crippen LogP contribution is -2.00. The second-order valence-corrected chi connectivity index (χ2v) is 5.38. The lowest BCUT2D eigenvalue weighted by atomic mass is 10.2. The van der Waals surface area contributed by atoms with Gasteiger partial charge in [0.25, 0.3) is 5.69 Å². The van der Waals surface area contributed by atoms with Crippen LogP contribution < -0.4 is 5.32 Å². The average molecular weight is 277 g/mol. The molecule has 0 unspecified atom stereocenters. The van der Waals surface area contributed by atoms with Gasteiger partial charge in [0.2, 0.25) is 0 Å². The quantitative estimate of drug-likeness (QED) is 0.670. The smallest absolute Gasteiger partial charge is 0.269 e. The maximum Gasteiger partial charge on any atom is 0.269 e. The lowest BCUT2D eigenvalue weighted by molar-refractivity contribution is -0.384. The highest BCUT2D eigenvalue weighted by Crippen LogP contribution is 2.22. The third kappa shape index (κ3) is 3.29. The maximum atomic E-state index is 10.7. The molecule has 0 aliphatic carbocycles. The molecular formula is C13H15N3O2S. The molecule has 0 amide bonds. The minimum Gasteiger partial charge on any atom is -0.380 e. The van der Waals surface area contributed by atoms with Gasteiger partial charge in [-0.1, -0.05) is 6.92 Å². The molecule has 2 rings (SSSR count). The van der Waals surface area contributed by atoms with E-state index < -0.39 is 0 Å². The van der Waals surface area contributed by atoms with Crippen molar-refractivity contribution in [3.05, 3.63) is 50.0 Å². The SMILES string of the molecule is CCc1ncc(CNc2ccc([N+](=O)[O-])cc2C)s1. The number of hydrogen-bond acceptors (Lipinski definition) is 5. The van der Waals surface area contributed by atoms with Gasteiger partial charge < -0.3 is 5.32 Å². The van der Waals surface area contributed by atoms with Crippen LogP contribution in [0.1, 0.15) is 22.4 Å². The third-order valence-electron chi connectivity index (χ3n) is 2.78. The summed E-state index contributed by atoms with van der Waals surface area (Å²) in [5.74, 6) is 0. The van der Waals surface area contributed by atoms with E-state index in [9.17, 15) is 10.1 Å². The molecule has 0 radical (unpaired) electrons. The van der Waals surface area contributed by atoms with Gasteiger partial charge in [0, 0.05) is 28.9 Å². The topological polar surface area (TPSA) is 68.1 Å². The Labute approximate surface area is 115 Å². The Balaban J connectivity index is 2.05. The Morgan fingerprint density at radius 1 is 1.47 bits per heavy atom. The van der Waals surface area contributed by atoms with Crippen LogP contribution in [0.2, 0.25) is 0 Å². The van der Waals surface area contributed by atoms with Crippen LogP contribution in [-0.2, 0) is 13.0 Å². The molecule has 0 saturated carbocycles. The fraction of sp³-hybridized carbons (Fsp3) is 0.308. The fourth-order valence-electron chi connectivity index (χ4n) is 1.74. The molecule has 5 nitrogen and oxygen atoms in total. The van der Waals surface area contributed by atoms with E-state index in [1.807, 2.05) is 13.1 Å². The van der Waals surface area contributed by atoms with Crippen molar-refractivity contribution in [2.24, 2.45) is 0 Å². The molecule has 2 aromatic rings. The van der Waals surface area contributed by atoms with Gasteiger partial charge in [0.1, 0.15) is 0 Å². The molecule has 6 heteroatoms. The zero-order chi connectivity index (χ0) is 13.8. The first-order valence-electron chi connectivity index (χ1n) is 6.02. The fourth-order valence-corrected chi connectivity index (χ4v) is 2.54. The van der Waals surface area contributed by atoms with Gasteiger partial charge in [-0.2, -0.15) is 0 Å². The Morgan fingerprint density at radius 2 is 2.26 bits per heavy atom. The summed E-state index contributed by atoms with van der Waals surface area (Å²) in [5.41, 5.74) is 1.90. The van der Waals surface area contributed by atoms with E-state index in [2.05, 4.69) is 17.2 Å². The van der Waals surface area contributed by atoms with E-state index in [0.29, 0.717) is 6.54 Å². The van der Waals surface area contributed by atoms with Crippen molar-refractivity contribution in [3.8, 4) is 0 Å².